The van der Waals surface area contributed by atoms with Gasteiger partial charge in [-0.15, -0.1) is 0 Å². The molecular formula is C15H27BrO3Sn. The van der Waals surface area contributed by atoms with E-state index < -0.39 is 18.4 Å². The van der Waals surface area contributed by atoms with Gasteiger partial charge >= 0.3 is 136 Å². The standard InChI is InChI=1S/C12H18BrO3.3CH3.Sn/c1-4-16-12(14)11(9-10(2)13)7-5-6-8-15-3;;;;/h5,11H,2,4,6,8-9H2,1,3H3;3*1H3;. The van der Waals surface area contributed by atoms with E-state index in [0.717, 1.165) is 10.9 Å². The second-order valence-electron chi connectivity index (χ2n) is 5.72. The van der Waals surface area contributed by atoms with Gasteiger partial charge in [-0.3, -0.25) is 0 Å². The van der Waals surface area contributed by atoms with Gasteiger partial charge in [0.15, 0.2) is 0 Å². The van der Waals surface area contributed by atoms with Crippen molar-refractivity contribution in [3.63, 3.8) is 0 Å². The van der Waals surface area contributed by atoms with Crippen LogP contribution in [0.1, 0.15) is 19.8 Å². The number of methoxy groups -OCH3 is 1. The monoisotopic (exact) mass is 454 g/mol. The van der Waals surface area contributed by atoms with Gasteiger partial charge in [0.25, 0.3) is 0 Å². The van der Waals surface area contributed by atoms with Crippen molar-refractivity contribution in [2.24, 2.45) is 5.92 Å². The van der Waals surface area contributed by atoms with E-state index in [9.17, 15) is 4.79 Å². The van der Waals surface area contributed by atoms with Gasteiger partial charge in [-0.2, -0.15) is 0 Å². The number of hydrogen-bond acceptors (Lipinski definition) is 3. The molecule has 1 unspecified atom stereocenters. The van der Waals surface area contributed by atoms with Crippen LogP contribution in [-0.4, -0.2) is 44.7 Å². The van der Waals surface area contributed by atoms with Crippen molar-refractivity contribution in [1.29, 1.82) is 0 Å². The second kappa shape index (κ2) is 10.0. The molecule has 0 saturated carbocycles. The summed E-state index contributed by atoms with van der Waals surface area (Å²) >= 11 is 0.991. The maximum absolute atomic E-state index is 12.3. The van der Waals surface area contributed by atoms with E-state index in [4.69, 9.17) is 9.47 Å². The molecule has 0 aliphatic carbocycles. The molecule has 0 bridgehead atoms. The Hall–Kier alpha value is 0.189. The molecule has 0 aliphatic rings. The topological polar surface area (TPSA) is 35.5 Å². The number of esters is 1. The molecule has 0 spiro atoms. The molecule has 0 heterocycles. The minimum absolute atomic E-state index is 0.136. The Morgan fingerprint density at radius 2 is 2.00 bits per heavy atom. The Kier molecular flexibility index (Phi) is 10.1. The Balaban J connectivity index is 5.33. The third-order valence-electron chi connectivity index (χ3n) is 2.92. The van der Waals surface area contributed by atoms with E-state index in [1.807, 2.05) is 6.92 Å². The maximum atomic E-state index is 12.3. The molecule has 0 aromatic heterocycles. The molecular weight excluding hydrogens is 427 g/mol. The van der Waals surface area contributed by atoms with Crippen LogP contribution in [-0.2, 0) is 14.3 Å². The first kappa shape index (κ1) is 20.2. The summed E-state index contributed by atoms with van der Waals surface area (Å²) in [5.74, 6) is -0.335. The van der Waals surface area contributed by atoms with Crippen LogP contribution in [0.25, 0.3) is 0 Å². The van der Waals surface area contributed by atoms with Crippen molar-refractivity contribution in [3.8, 4) is 0 Å². The molecule has 0 aliphatic heterocycles. The van der Waals surface area contributed by atoms with Crippen molar-refractivity contribution in [1.82, 2.24) is 0 Å². The summed E-state index contributed by atoms with van der Waals surface area (Å²) in [6.07, 6.45) is 3.63. The fourth-order valence-corrected chi connectivity index (χ4v) is 8.18. The second-order valence-corrected chi connectivity index (χ2v) is 21.3. The third-order valence-corrected chi connectivity index (χ3v) is 9.77. The van der Waals surface area contributed by atoms with E-state index >= 15 is 0 Å². The fraction of sp³-hybridized carbons (Fsp3) is 0.667. The zero-order valence-corrected chi connectivity index (χ0v) is 17.7. The third kappa shape index (κ3) is 7.84. The van der Waals surface area contributed by atoms with Gasteiger partial charge < -0.3 is 0 Å². The molecule has 0 aromatic carbocycles. The van der Waals surface area contributed by atoms with Gasteiger partial charge in [0, 0.05) is 0 Å². The van der Waals surface area contributed by atoms with Gasteiger partial charge in [0.2, 0.25) is 0 Å². The van der Waals surface area contributed by atoms with E-state index in [-0.39, 0.29) is 11.9 Å². The number of rotatable bonds is 9. The molecule has 0 saturated heterocycles. The number of ether oxygens (including phenoxy) is 2. The zero-order chi connectivity index (χ0) is 15.8. The molecule has 0 rings (SSSR count). The van der Waals surface area contributed by atoms with Gasteiger partial charge in [-0.25, -0.2) is 0 Å². The number of carbonyl (C=O) groups is 1. The fourth-order valence-electron chi connectivity index (χ4n) is 2.09. The van der Waals surface area contributed by atoms with Crippen LogP contribution in [0, 0.1) is 5.92 Å². The van der Waals surface area contributed by atoms with Crippen molar-refractivity contribution in [3.05, 3.63) is 20.7 Å². The normalized spacial score (nSPS) is 14.0. The summed E-state index contributed by atoms with van der Waals surface area (Å²) in [4.78, 5) is 19.2. The van der Waals surface area contributed by atoms with E-state index in [2.05, 4.69) is 43.4 Å². The first-order valence-corrected chi connectivity index (χ1v) is 17.7. The molecule has 0 radical (unpaired) electrons. The Morgan fingerprint density at radius 3 is 2.40 bits per heavy atom. The first-order valence-electron chi connectivity index (χ1n) is 6.93. The minimum atomic E-state index is -2.39. The van der Waals surface area contributed by atoms with Crippen LogP contribution in [0.2, 0.25) is 14.8 Å². The zero-order valence-electron chi connectivity index (χ0n) is 13.3. The molecule has 3 nitrogen and oxygen atoms in total. The van der Waals surface area contributed by atoms with Gasteiger partial charge in [0.1, 0.15) is 0 Å². The van der Waals surface area contributed by atoms with Crippen LogP contribution in [0.4, 0.5) is 0 Å². The van der Waals surface area contributed by atoms with Crippen molar-refractivity contribution >= 4 is 40.3 Å². The Morgan fingerprint density at radius 1 is 1.40 bits per heavy atom. The molecule has 0 fully saturated rings. The molecule has 0 amide bonds. The average molecular weight is 454 g/mol. The van der Waals surface area contributed by atoms with E-state index in [0.29, 0.717) is 19.6 Å². The first-order chi connectivity index (χ1) is 9.23. The van der Waals surface area contributed by atoms with Crippen LogP contribution in [0.3, 0.4) is 0 Å². The average Bonchev–Trinajstić information content (AvgIpc) is 2.31. The summed E-state index contributed by atoms with van der Waals surface area (Å²) in [7, 11) is 1.69. The molecule has 0 N–H and O–H groups in total. The van der Waals surface area contributed by atoms with Gasteiger partial charge in [0.05, 0.1) is 0 Å². The number of halogens is 1. The molecule has 0 aromatic rings. The Labute approximate surface area is 135 Å². The van der Waals surface area contributed by atoms with Gasteiger partial charge in [-0.1, -0.05) is 0 Å². The predicted molar refractivity (Wildman–Crippen MR) is 90.7 cm³/mol. The molecule has 5 heteroatoms. The van der Waals surface area contributed by atoms with Crippen LogP contribution < -0.4 is 0 Å². The van der Waals surface area contributed by atoms with Crippen molar-refractivity contribution in [2.75, 3.05) is 20.3 Å². The Bertz CT molecular complexity index is 359. The van der Waals surface area contributed by atoms with E-state index in [1.165, 1.54) is 3.59 Å². The summed E-state index contributed by atoms with van der Waals surface area (Å²) in [5.41, 5.74) is 0. The quantitative estimate of drug-likeness (QED) is 0.296. The van der Waals surface area contributed by atoms with Crippen molar-refractivity contribution in [2.45, 2.75) is 34.6 Å². The number of carbonyl (C=O) groups excluding carboxylic acids is 1. The van der Waals surface area contributed by atoms with Crippen LogP contribution in [0.5, 0.6) is 0 Å². The predicted octanol–water partition coefficient (Wildman–Crippen LogP) is 4.30. The summed E-state index contributed by atoms with van der Waals surface area (Å²) in [5, 5.41) is 0. The SMILES string of the molecule is C=C(Br)CC(C(=O)OCC)/[C](=C/CCOC)[Sn]([CH3])([CH3])[CH3]. The summed E-state index contributed by atoms with van der Waals surface area (Å²) in [6, 6.07) is 0. The molecule has 116 valence electrons. The summed E-state index contributed by atoms with van der Waals surface area (Å²) < 4.78 is 12.5. The molecule has 20 heavy (non-hydrogen) atoms. The summed E-state index contributed by atoms with van der Waals surface area (Å²) in [6.45, 7) is 6.81. The van der Waals surface area contributed by atoms with Crippen LogP contribution in [0.15, 0.2) is 20.7 Å². The number of hydrogen-bond donors (Lipinski definition) is 0. The van der Waals surface area contributed by atoms with Gasteiger partial charge in [-0.05, 0) is 0 Å². The van der Waals surface area contributed by atoms with Crippen molar-refractivity contribution < 1.29 is 14.3 Å². The van der Waals surface area contributed by atoms with E-state index in [1.54, 1.807) is 7.11 Å². The molecule has 1 atom stereocenters. The number of allylic oxidation sites excluding steroid dienone is 1. The van der Waals surface area contributed by atoms with Crippen LogP contribution >= 0.6 is 15.9 Å².